The van der Waals surface area contributed by atoms with Crippen LogP contribution >= 0.6 is 11.6 Å². The van der Waals surface area contributed by atoms with Gasteiger partial charge in [0.2, 0.25) is 5.91 Å². The highest BCUT2D eigenvalue weighted by Gasteiger charge is 2.48. The lowest BCUT2D eigenvalue weighted by Gasteiger charge is -2.35. The topological polar surface area (TPSA) is 49.9 Å². The van der Waals surface area contributed by atoms with Crippen LogP contribution in [0.2, 0.25) is 5.02 Å². The molecule has 0 saturated carbocycles. The summed E-state index contributed by atoms with van der Waals surface area (Å²) >= 11 is 6.29. The van der Waals surface area contributed by atoms with Crippen molar-refractivity contribution in [1.29, 1.82) is 0 Å². The molecule has 0 aliphatic carbocycles. The average molecular weight is 539 g/mol. The summed E-state index contributed by atoms with van der Waals surface area (Å²) in [4.78, 5) is 27.9. The Bertz CT molecular complexity index is 1080. The Hall–Kier alpha value is -2.74. The average Bonchev–Trinajstić information content (AvgIpc) is 2.86. The van der Waals surface area contributed by atoms with Gasteiger partial charge in [0.05, 0.1) is 17.7 Å². The van der Waals surface area contributed by atoms with Gasteiger partial charge < -0.3 is 14.5 Å². The van der Waals surface area contributed by atoms with Crippen LogP contribution in [0.3, 0.4) is 0 Å². The fraction of sp³-hybridized carbons (Fsp3) is 0.500. The van der Waals surface area contributed by atoms with Gasteiger partial charge in [-0.2, -0.15) is 13.2 Å². The van der Waals surface area contributed by atoms with Gasteiger partial charge >= 0.3 is 6.18 Å². The van der Waals surface area contributed by atoms with Gasteiger partial charge in [0.25, 0.3) is 5.91 Å². The lowest BCUT2D eigenvalue weighted by Crippen LogP contribution is -2.44. The van der Waals surface area contributed by atoms with E-state index in [1.54, 1.807) is 26.2 Å². The molecule has 37 heavy (non-hydrogen) atoms. The molecule has 5 nitrogen and oxygen atoms in total. The summed E-state index contributed by atoms with van der Waals surface area (Å²) in [6.45, 7) is 0.661. The first-order valence-corrected chi connectivity index (χ1v) is 12.9. The highest BCUT2D eigenvalue weighted by atomic mass is 35.5. The van der Waals surface area contributed by atoms with Gasteiger partial charge in [-0.05, 0) is 67.0 Å². The molecule has 1 heterocycles. The number of carbonyl (C=O) groups is 2. The summed E-state index contributed by atoms with van der Waals surface area (Å²) in [5, 5.41) is 0.444. The summed E-state index contributed by atoms with van der Waals surface area (Å²) in [6, 6.07) is 11.1. The van der Waals surface area contributed by atoms with Gasteiger partial charge in [0.1, 0.15) is 5.75 Å². The van der Waals surface area contributed by atoms with E-state index in [-0.39, 0.29) is 11.5 Å². The van der Waals surface area contributed by atoms with E-state index >= 15 is 0 Å². The number of piperidine rings is 1. The van der Waals surface area contributed by atoms with Gasteiger partial charge in [0.15, 0.2) is 5.92 Å². The maximum atomic E-state index is 13.9. The molecule has 0 N–H and O–H groups in total. The summed E-state index contributed by atoms with van der Waals surface area (Å²) in [7, 11) is 4.75. The number of benzene rings is 2. The number of hydrogen-bond donors (Lipinski definition) is 0. The molecule has 1 aliphatic heterocycles. The van der Waals surface area contributed by atoms with Crippen LogP contribution in [0, 0.1) is 5.92 Å². The summed E-state index contributed by atoms with van der Waals surface area (Å²) in [5.74, 6) is -2.54. The van der Waals surface area contributed by atoms with Crippen LogP contribution in [0.1, 0.15) is 59.5 Å². The molecule has 1 fully saturated rings. The smallest absolute Gasteiger partial charge is 0.404 e. The highest BCUT2D eigenvalue weighted by molar-refractivity contribution is 6.33. The number of methoxy groups -OCH3 is 1. The van der Waals surface area contributed by atoms with Crippen molar-refractivity contribution in [2.45, 2.75) is 50.6 Å². The minimum Gasteiger partial charge on any atom is -0.497 e. The number of aryl methyl sites for hydroxylation is 1. The Kier molecular flexibility index (Phi) is 9.87. The SMILES string of the molecule is COc1cccc([C@@H](C(=O)N2CCC(CCCCc3ccc(C(=O)N(C)C)c(Cl)c3)CC2)C(F)(F)F)c1. The second kappa shape index (κ2) is 12.7. The van der Waals surface area contributed by atoms with Crippen molar-refractivity contribution in [2.24, 2.45) is 5.92 Å². The van der Waals surface area contributed by atoms with Crippen molar-refractivity contribution in [3.05, 3.63) is 64.2 Å². The molecular formula is C28H34ClF3N2O3. The van der Waals surface area contributed by atoms with Crippen LogP contribution in [0.25, 0.3) is 0 Å². The standard InChI is InChI=1S/C28H34ClF3N2O3/c1-33(2)26(35)23-12-11-20(17-24(23)29)8-5-4-7-19-13-15-34(16-14-19)27(36)25(28(30,31)32)21-9-6-10-22(18-21)37-3/h6,9-12,17-19,25H,4-5,7-8,13-16H2,1-3H3/t25-/m0/s1. The Balaban J connectivity index is 1.48. The number of halogens is 4. The highest BCUT2D eigenvalue weighted by Crippen LogP contribution is 2.38. The number of unbranched alkanes of at least 4 members (excludes halogenated alkanes) is 1. The largest absolute Gasteiger partial charge is 0.497 e. The van der Waals surface area contributed by atoms with E-state index in [9.17, 15) is 22.8 Å². The van der Waals surface area contributed by atoms with E-state index in [2.05, 4.69) is 0 Å². The predicted molar refractivity (Wildman–Crippen MR) is 138 cm³/mol. The zero-order valence-corrected chi connectivity index (χ0v) is 22.2. The Morgan fingerprint density at radius 1 is 1.11 bits per heavy atom. The third kappa shape index (κ3) is 7.63. The van der Waals surface area contributed by atoms with Crippen molar-refractivity contribution in [2.75, 3.05) is 34.3 Å². The first kappa shape index (κ1) is 28.8. The lowest BCUT2D eigenvalue weighted by atomic mass is 9.89. The van der Waals surface area contributed by atoms with Gasteiger partial charge in [-0.3, -0.25) is 9.59 Å². The molecular weight excluding hydrogens is 505 g/mol. The number of ether oxygens (including phenoxy) is 1. The van der Waals surface area contributed by atoms with E-state index in [0.29, 0.717) is 48.2 Å². The molecule has 9 heteroatoms. The number of amides is 2. The molecule has 2 aromatic carbocycles. The first-order chi connectivity index (χ1) is 17.5. The molecule has 1 saturated heterocycles. The minimum absolute atomic E-state index is 0.0989. The molecule has 1 aliphatic rings. The number of nitrogens with zero attached hydrogens (tertiary/aromatic N) is 2. The quantitative estimate of drug-likeness (QED) is 0.350. The van der Waals surface area contributed by atoms with Crippen LogP contribution in [0.4, 0.5) is 13.2 Å². The van der Waals surface area contributed by atoms with E-state index in [1.807, 2.05) is 12.1 Å². The summed E-state index contributed by atoms with van der Waals surface area (Å²) in [6.07, 6.45) is 0.434. The minimum atomic E-state index is -4.68. The maximum Gasteiger partial charge on any atom is 0.404 e. The number of likely N-dealkylation sites (tertiary alicyclic amines) is 1. The number of carbonyl (C=O) groups excluding carboxylic acids is 2. The van der Waals surface area contributed by atoms with E-state index in [0.717, 1.165) is 31.2 Å². The number of hydrogen-bond acceptors (Lipinski definition) is 3. The second-order valence-corrected chi connectivity index (χ2v) is 10.2. The molecule has 202 valence electrons. The van der Waals surface area contributed by atoms with Gasteiger partial charge in [-0.25, -0.2) is 0 Å². The van der Waals surface area contributed by atoms with Gasteiger partial charge in [-0.1, -0.05) is 42.6 Å². The van der Waals surface area contributed by atoms with Crippen LogP contribution in [-0.4, -0.2) is 62.1 Å². The molecule has 1 atom stereocenters. The van der Waals surface area contributed by atoms with Crippen LogP contribution < -0.4 is 4.74 Å². The monoisotopic (exact) mass is 538 g/mol. The molecule has 2 amide bonds. The van der Waals surface area contributed by atoms with E-state index in [4.69, 9.17) is 16.3 Å². The van der Waals surface area contributed by atoms with Crippen molar-refractivity contribution in [1.82, 2.24) is 9.80 Å². The third-order valence-electron chi connectivity index (χ3n) is 6.93. The molecule has 0 bridgehead atoms. The predicted octanol–water partition coefficient (Wildman–Crippen LogP) is 6.35. The summed E-state index contributed by atoms with van der Waals surface area (Å²) < 4.78 is 46.7. The van der Waals surface area contributed by atoms with Gasteiger partial charge in [0, 0.05) is 27.2 Å². The van der Waals surface area contributed by atoms with Crippen molar-refractivity contribution < 1.29 is 27.5 Å². The zero-order chi connectivity index (χ0) is 27.2. The van der Waals surface area contributed by atoms with E-state index < -0.39 is 18.0 Å². The molecule has 0 aromatic heterocycles. The third-order valence-corrected chi connectivity index (χ3v) is 7.24. The van der Waals surface area contributed by atoms with Crippen molar-refractivity contribution in [3.8, 4) is 5.75 Å². The molecule has 0 spiro atoms. The molecule has 3 rings (SSSR count). The van der Waals surface area contributed by atoms with Crippen LogP contribution in [-0.2, 0) is 11.2 Å². The first-order valence-electron chi connectivity index (χ1n) is 12.5. The maximum absolute atomic E-state index is 13.9. The fourth-order valence-electron chi connectivity index (χ4n) is 4.81. The zero-order valence-electron chi connectivity index (χ0n) is 21.5. The van der Waals surface area contributed by atoms with Crippen LogP contribution in [0.5, 0.6) is 5.75 Å². The molecule has 0 unspecified atom stereocenters. The number of alkyl halides is 3. The Morgan fingerprint density at radius 3 is 2.41 bits per heavy atom. The van der Waals surface area contributed by atoms with Gasteiger partial charge in [-0.15, -0.1) is 0 Å². The molecule has 2 aromatic rings. The van der Waals surface area contributed by atoms with E-state index in [1.165, 1.54) is 35.1 Å². The molecule has 0 radical (unpaired) electrons. The Labute approximate surface area is 221 Å². The summed E-state index contributed by atoms with van der Waals surface area (Å²) in [5.41, 5.74) is 1.45. The lowest BCUT2D eigenvalue weighted by molar-refractivity contribution is -0.173. The number of rotatable bonds is 9. The van der Waals surface area contributed by atoms with Crippen molar-refractivity contribution in [3.63, 3.8) is 0 Å². The van der Waals surface area contributed by atoms with Crippen LogP contribution in [0.15, 0.2) is 42.5 Å². The second-order valence-electron chi connectivity index (χ2n) is 9.78. The normalized spacial score (nSPS) is 15.4. The van der Waals surface area contributed by atoms with Crippen molar-refractivity contribution >= 4 is 23.4 Å². The Morgan fingerprint density at radius 2 is 1.81 bits per heavy atom. The fourth-order valence-corrected chi connectivity index (χ4v) is 5.09.